The van der Waals surface area contributed by atoms with E-state index < -0.39 is 0 Å². The Labute approximate surface area is 229 Å². The van der Waals surface area contributed by atoms with Crippen molar-refractivity contribution in [3.8, 4) is 17.1 Å². The molecule has 6 heteroatoms. The number of benzene rings is 2. The summed E-state index contributed by atoms with van der Waals surface area (Å²) in [6.45, 7) is 9.40. The van der Waals surface area contributed by atoms with Crippen molar-refractivity contribution < 1.29 is 14.3 Å². The van der Waals surface area contributed by atoms with E-state index in [9.17, 15) is 4.79 Å². The van der Waals surface area contributed by atoms with Crippen molar-refractivity contribution in [2.24, 2.45) is 0 Å². The zero-order valence-electron chi connectivity index (χ0n) is 23.9. The summed E-state index contributed by atoms with van der Waals surface area (Å²) in [6, 6.07) is 16.6. The second kappa shape index (κ2) is 15.3. The maximum Gasteiger partial charge on any atom is 0.341 e. The van der Waals surface area contributed by atoms with Crippen molar-refractivity contribution in [3.05, 3.63) is 71.5 Å². The highest BCUT2D eigenvalue weighted by molar-refractivity contribution is 5.92. The molecule has 3 aromatic rings. The second-order valence-corrected chi connectivity index (χ2v) is 9.89. The fourth-order valence-electron chi connectivity index (χ4n) is 5.00. The number of methoxy groups -OCH3 is 2. The molecule has 0 saturated carbocycles. The quantitative estimate of drug-likeness (QED) is 0.182. The maximum atomic E-state index is 12.5. The van der Waals surface area contributed by atoms with Crippen LogP contribution >= 0.6 is 0 Å². The van der Waals surface area contributed by atoms with Gasteiger partial charge in [0.25, 0.3) is 0 Å². The van der Waals surface area contributed by atoms with Crippen LogP contribution in [0.4, 0.5) is 0 Å². The molecule has 1 atom stereocenters. The van der Waals surface area contributed by atoms with E-state index in [1.54, 1.807) is 7.11 Å². The van der Waals surface area contributed by atoms with Gasteiger partial charge in [-0.05, 0) is 43.5 Å². The number of imidazole rings is 1. The van der Waals surface area contributed by atoms with Gasteiger partial charge in [0.2, 0.25) is 0 Å². The Morgan fingerprint density at radius 3 is 2.37 bits per heavy atom. The maximum absolute atomic E-state index is 12.5. The van der Waals surface area contributed by atoms with Crippen molar-refractivity contribution in [3.63, 3.8) is 0 Å². The minimum absolute atomic E-state index is 0.229. The van der Waals surface area contributed by atoms with Gasteiger partial charge in [0.15, 0.2) is 0 Å². The average Bonchev–Trinajstić information content (AvgIpc) is 3.38. The highest BCUT2D eigenvalue weighted by Crippen LogP contribution is 2.33. The SMILES string of the molecule is CCCCC(c1cnc(-c2ccccc2)n1CCCC)N(CCCC)Cc1ccc(OC)c(C(=O)OC)c1. The first-order valence-corrected chi connectivity index (χ1v) is 14.2. The van der Waals surface area contributed by atoms with Crippen LogP contribution < -0.4 is 4.74 Å². The number of aromatic nitrogens is 2. The molecule has 0 aliphatic rings. The number of rotatable bonds is 16. The lowest BCUT2D eigenvalue weighted by Crippen LogP contribution is -2.31. The predicted octanol–water partition coefficient (Wildman–Crippen LogP) is 7.68. The van der Waals surface area contributed by atoms with Crippen LogP contribution in [0.1, 0.15) is 93.4 Å². The van der Waals surface area contributed by atoms with Gasteiger partial charge in [-0.15, -0.1) is 0 Å². The highest BCUT2D eigenvalue weighted by atomic mass is 16.5. The fraction of sp³-hybridized carbons (Fsp3) is 0.500. The van der Waals surface area contributed by atoms with E-state index in [1.807, 2.05) is 12.1 Å². The minimum Gasteiger partial charge on any atom is -0.496 e. The van der Waals surface area contributed by atoms with Crippen molar-refractivity contribution in [2.75, 3.05) is 20.8 Å². The zero-order chi connectivity index (χ0) is 27.3. The van der Waals surface area contributed by atoms with Gasteiger partial charge in [0.05, 0.1) is 32.2 Å². The molecule has 0 N–H and O–H groups in total. The lowest BCUT2D eigenvalue weighted by atomic mass is 10.0. The number of carbonyl (C=O) groups is 1. The third kappa shape index (κ3) is 7.47. The third-order valence-electron chi connectivity index (χ3n) is 7.12. The summed E-state index contributed by atoms with van der Waals surface area (Å²) in [5.41, 5.74) is 3.98. The molecule has 0 saturated heterocycles. The summed E-state index contributed by atoms with van der Waals surface area (Å²) >= 11 is 0. The monoisotopic (exact) mass is 519 g/mol. The third-order valence-corrected chi connectivity index (χ3v) is 7.12. The standard InChI is InChI=1S/C32H45N3O3/c1-6-9-17-28(29-23-33-31(35(29)21-11-8-3)26-15-13-12-14-16-26)34(20-10-7-2)24-25-18-19-30(37-4)27(22-25)32(36)38-5/h12-16,18-19,22-23,28H,6-11,17,20-21,24H2,1-5H3. The van der Waals surface area contributed by atoms with E-state index in [0.29, 0.717) is 11.3 Å². The summed E-state index contributed by atoms with van der Waals surface area (Å²) in [4.78, 5) is 20.0. The molecule has 3 rings (SSSR count). The number of nitrogens with zero attached hydrogens (tertiary/aromatic N) is 3. The number of ether oxygens (including phenoxy) is 2. The number of hydrogen-bond acceptors (Lipinski definition) is 5. The van der Waals surface area contributed by atoms with Gasteiger partial charge in [-0.25, -0.2) is 9.78 Å². The molecule has 206 valence electrons. The Morgan fingerprint density at radius 1 is 0.974 bits per heavy atom. The lowest BCUT2D eigenvalue weighted by molar-refractivity contribution is 0.0596. The first-order valence-electron chi connectivity index (χ1n) is 14.2. The van der Waals surface area contributed by atoms with E-state index in [4.69, 9.17) is 14.5 Å². The van der Waals surface area contributed by atoms with E-state index >= 15 is 0 Å². The van der Waals surface area contributed by atoms with E-state index in [-0.39, 0.29) is 12.0 Å². The number of esters is 1. The molecular weight excluding hydrogens is 474 g/mol. The molecule has 6 nitrogen and oxygen atoms in total. The smallest absolute Gasteiger partial charge is 0.341 e. The molecule has 0 aliphatic carbocycles. The first-order chi connectivity index (χ1) is 18.6. The summed E-state index contributed by atoms with van der Waals surface area (Å²) in [5, 5.41) is 0. The van der Waals surface area contributed by atoms with E-state index in [1.165, 1.54) is 12.8 Å². The van der Waals surface area contributed by atoms with Crippen LogP contribution in [0.5, 0.6) is 5.75 Å². The predicted molar refractivity (Wildman–Crippen MR) is 154 cm³/mol. The Morgan fingerprint density at radius 2 is 1.71 bits per heavy atom. The van der Waals surface area contributed by atoms with Crippen LogP contribution in [0, 0.1) is 0 Å². The van der Waals surface area contributed by atoms with Gasteiger partial charge in [-0.1, -0.05) is 82.9 Å². The van der Waals surface area contributed by atoms with Crippen LogP contribution in [-0.4, -0.2) is 41.2 Å². The molecule has 0 fully saturated rings. The molecule has 1 aromatic heterocycles. The van der Waals surface area contributed by atoms with Crippen molar-refractivity contribution in [2.45, 2.75) is 84.8 Å². The van der Waals surface area contributed by atoms with Crippen LogP contribution in [0.15, 0.2) is 54.7 Å². The Balaban J connectivity index is 2.05. The first kappa shape index (κ1) is 29.4. The molecule has 1 unspecified atom stereocenters. The van der Waals surface area contributed by atoms with Gasteiger partial charge in [-0.3, -0.25) is 4.90 Å². The van der Waals surface area contributed by atoms with Gasteiger partial charge < -0.3 is 14.0 Å². The number of carbonyl (C=O) groups excluding carboxylic acids is 1. The summed E-state index contributed by atoms with van der Waals surface area (Å²) < 4.78 is 12.9. The van der Waals surface area contributed by atoms with Crippen molar-refractivity contribution in [1.29, 1.82) is 0 Å². The van der Waals surface area contributed by atoms with Crippen LogP contribution in [-0.2, 0) is 17.8 Å². The van der Waals surface area contributed by atoms with Crippen molar-refractivity contribution >= 4 is 5.97 Å². The molecule has 0 radical (unpaired) electrons. The highest BCUT2D eigenvalue weighted by Gasteiger charge is 2.26. The fourth-order valence-corrected chi connectivity index (χ4v) is 5.00. The Bertz CT molecular complexity index is 1130. The van der Waals surface area contributed by atoms with Gasteiger partial charge in [0, 0.05) is 18.7 Å². The van der Waals surface area contributed by atoms with Crippen molar-refractivity contribution in [1.82, 2.24) is 14.5 Å². The summed E-state index contributed by atoms with van der Waals surface area (Å²) in [5.74, 6) is 1.20. The second-order valence-electron chi connectivity index (χ2n) is 9.89. The molecule has 0 amide bonds. The normalized spacial score (nSPS) is 12.1. The molecular formula is C32H45N3O3. The van der Waals surface area contributed by atoms with Crippen LogP contribution in [0.25, 0.3) is 11.4 Å². The average molecular weight is 520 g/mol. The largest absolute Gasteiger partial charge is 0.496 e. The number of unbranched alkanes of at least 4 members (excludes halogenated alkanes) is 3. The van der Waals surface area contributed by atoms with Crippen LogP contribution in [0.2, 0.25) is 0 Å². The van der Waals surface area contributed by atoms with Crippen LogP contribution in [0.3, 0.4) is 0 Å². The molecule has 1 heterocycles. The Kier molecular flexibility index (Phi) is 11.9. The minimum atomic E-state index is -0.378. The number of hydrogen-bond donors (Lipinski definition) is 0. The Hall–Kier alpha value is -3.12. The summed E-state index contributed by atoms with van der Waals surface area (Å²) in [7, 11) is 2.99. The zero-order valence-corrected chi connectivity index (χ0v) is 23.9. The lowest BCUT2D eigenvalue weighted by Gasteiger charge is -2.33. The topological polar surface area (TPSA) is 56.6 Å². The molecule has 38 heavy (non-hydrogen) atoms. The summed E-state index contributed by atoms with van der Waals surface area (Å²) in [6.07, 6.45) is 9.92. The van der Waals surface area contributed by atoms with E-state index in [2.05, 4.69) is 72.8 Å². The molecule has 0 spiro atoms. The molecule has 2 aromatic carbocycles. The molecule has 0 bridgehead atoms. The van der Waals surface area contributed by atoms with Gasteiger partial charge in [-0.2, -0.15) is 0 Å². The van der Waals surface area contributed by atoms with Gasteiger partial charge in [0.1, 0.15) is 17.1 Å². The molecule has 0 aliphatic heterocycles. The van der Waals surface area contributed by atoms with E-state index in [0.717, 1.165) is 81.5 Å². The van der Waals surface area contributed by atoms with Gasteiger partial charge >= 0.3 is 5.97 Å².